The van der Waals surface area contributed by atoms with Crippen LogP contribution in [0.4, 0.5) is 0 Å². The molecule has 0 aliphatic carbocycles. The summed E-state index contributed by atoms with van der Waals surface area (Å²) in [4.78, 5) is 1.33. The molecule has 110 valence electrons. The largest absolute Gasteiger partial charge is 0.497 e. The lowest BCUT2D eigenvalue weighted by Crippen LogP contribution is -2.40. The second-order valence-electron chi connectivity index (χ2n) is 5.62. The Labute approximate surface area is 130 Å². The third-order valence-electron chi connectivity index (χ3n) is 4.25. The molecule has 2 aromatic rings. The van der Waals surface area contributed by atoms with E-state index in [0.717, 1.165) is 12.2 Å². The normalized spacial score (nSPS) is 24.4. The van der Waals surface area contributed by atoms with Crippen molar-refractivity contribution in [2.75, 3.05) is 14.2 Å². The van der Waals surface area contributed by atoms with Crippen molar-refractivity contribution < 1.29 is 9.47 Å². The number of ether oxygens (including phenoxy) is 2. The smallest absolute Gasteiger partial charge is 0.118 e. The first-order chi connectivity index (χ1) is 10.2. The zero-order valence-electron chi connectivity index (χ0n) is 12.6. The van der Waals surface area contributed by atoms with Gasteiger partial charge in [-0.25, -0.2) is 0 Å². The summed E-state index contributed by atoms with van der Waals surface area (Å²) in [5, 5.41) is 0. The van der Waals surface area contributed by atoms with Crippen molar-refractivity contribution in [2.24, 2.45) is 0 Å². The molecule has 0 saturated carbocycles. The van der Waals surface area contributed by atoms with Crippen LogP contribution in [0, 0.1) is 0 Å². The molecule has 0 amide bonds. The number of benzene rings is 2. The monoisotopic (exact) mass is 300 g/mol. The van der Waals surface area contributed by atoms with Crippen LogP contribution in [0.25, 0.3) is 0 Å². The van der Waals surface area contributed by atoms with Gasteiger partial charge in [0.1, 0.15) is 11.2 Å². The topological polar surface area (TPSA) is 18.5 Å². The van der Waals surface area contributed by atoms with Gasteiger partial charge in [-0.1, -0.05) is 49.0 Å². The first-order valence-corrected chi connectivity index (χ1v) is 7.97. The Bertz CT molecular complexity index is 623. The average molecular weight is 300 g/mol. The molecule has 21 heavy (non-hydrogen) atoms. The van der Waals surface area contributed by atoms with Gasteiger partial charge in [0, 0.05) is 17.4 Å². The molecule has 3 rings (SSSR count). The Hall–Kier alpha value is -1.45. The highest BCUT2D eigenvalue weighted by atomic mass is 32.2. The molecule has 0 bridgehead atoms. The second-order valence-corrected chi connectivity index (χ2v) is 6.72. The van der Waals surface area contributed by atoms with Gasteiger partial charge in [0.2, 0.25) is 0 Å². The zero-order valence-corrected chi connectivity index (χ0v) is 13.4. The van der Waals surface area contributed by atoms with Crippen LogP contribution in [0.1, 0.15) is 18.1 Å². The molecular formula is C18H20O2S. The van der Waals surface area contributed by atoms with Gasteiger partial charge in [0.05, 0.1) is 7.11 Å². The van der Waals surface area contributed by atoms with E-state index in [1.165, 1.54) is 16.0 Å². The van der Waals surface area contributed by atoms with Gasteiger partial charge in [-0.2, -0.15) is 0 Å². The highest BCUT2D eigenvalue weighted by molar-refractivity contribution is 8.00. The molecule has 0 saturated heterocycles. The number of hydrogen-bond donors (Lipinski definition) is 0. The van der Waals surface area contributed by atoms with Gasteiger partial charge < -0.3 is 9.47 Å². The van der Waals surface area contributed by atoms with Crippen LogP contribution in [0.5, 0.6) is 5.75 Å². The van der Waals surface area contributed by atoms with E-state index in [1.807, 2.05) is 23.9 Å². The van der Waals surface area contributed by atoms with Gasteiger partial charge in [-0.05, 0) is 35.7 Å². The average Bonchev–Trinajstić information content (AvgIpc) is 2.54. The maximum Gasteiger partial charge on any atom is 0.118 e. The van der Waals surface area contributed by atoms with Gasteiger partial charge in [-0.15, -0.1) is 0 Å². The van der Waals surface area contributed by atoms with Crippen LogP contribution < -0.4 is 4.74 Å². The number of thioether (sulfide) groups is 1. The van der Waals surface area contributed by atoms with Crippen LogP contribution >= 0.6 is 11.8 Å². The summed E-state index contributed by atoms with van der Waals surface area (Å²) in [6.45, 7) is 2.28. The Morgan fingerprint density at radius 3 is 2.43 bits per heavy atom. The Morgan fingerprint density at radius 2 is 1.76 bits per heavy atom. The Morgan fingerprint density at radius 1 is 1.05 bits per heavy atom. The molecule has 3 heteroatoms. The van der Waals surface area contributed by atoms with Crippen molar-refractivity contribution >= 4 is 11.8 Å². The summed E-state index contributed by atoms with van der Waals surface area (Å²) in [7, 11) is 3.49. The quantitative estimate of drug-likeness (QED) is 0.843. The number of methoxy groups -OCH3 is 2. The van der Waals surface area contributed by atoms with Gasteiger partial charge >= 0.3 is 0 Å². The number of rotatable bonds is 3. The lowest BCUT2D eigenvalue weighted by Gasteiger charge is -2.41. The SMILES string of the molecule is COc1ccc(C2(C)Cc3ccccc3SC2OC)cc1. The molecule has 2 aromatic carbocycles. The lowest BCUT2D eigenvalue weighted by atomic mass is 9.77. The molecule has 1 aliphatic rings. The summed E-state index contributed by atoms with van der Waals surface area (Å²) in [5.74, 6) is 0.889. The lowest BCUT2D eigenvalue weighted by molar-refractivity contribution is 0.104. The molecule has 2 unspecified atom stereocenters. The maximum absolute atomic E-state index is 5.81. The fourth-order valence-electron chi connectivity index (χ4n) is 3.01. The van der Waals surface area contributed by atoms with Crippen LogP contribution in [0.3, 0.4) is 0 Å². The molecule has 2 atom stereocenters. The first-order valence-electron chi connectivity index (χ1n) is 7.09. The van der Waals surface area contributed by atoms with E-state index >= 15 is 0 Å². The zero-order chi connectivity index (χ0) is 14.9. The van der Waals surface area contributed by atoms with E-state index in [4.69, 9.17) is 9.47 Å². The molecule has 0 N–H and O–H groups in total. The summed E-state index contributed by atoms with van der Waals surface area (Å²) in [5.41, 5.74) is 2.76. The minimum absolute atomic E-state index is 0.0416. The highest BCUT2D eigenvalue weighted by Crippen LogP contribution is 2.47. The number of fused-ring (bicyclic) bond motifs is 1. The summed E-state index contributed by atoms with van der Waals surface area (Å²) in [6, 6.07) is 17.0. The minimum atomic E-state index is -0.0416. The Kier molecular flexibility index (Phi) is 3.96. The molecule has 0 radical (unpaired) electrons. The first kappa shape index (κ1) is 14.5. The minimum Gasteiger partial charge on any atom is -0.497 e. The van der Waals surface area contributed by atoms with E-state index < -0.39 is 0 Å². The standard InChI is InChI=1S/C18H20O2S/c1-18(14-8-10-15(19-2)11-9-14)12-13-6-4-5-7-16(13)21-17(18)20-3/h4-11,17H,12H2,1-3H3. The molecule has 1 aliphatic heterocycles. The van der Waals surface area contributed by atoms with Crippen molar-refractivity contribution in [2.45, 2.75) is 29.1 Å². The predicted molar refractivity (Wildman–Crippen MR) is 87.1 cm³/mol. The predicted octanol–water partition coefficient (Wildman–Crippen LogP) is 4.27. The second kappa shape index (κ2) is 5.74. The molecule has 0 aromatic heterocycles. The highest BCUT2D eigenvalue weighted by Gasteiger charge is 2.41. The molecule has 2 nitrogen and oxygen atoms in total. The van der Waals surface area contributed by atoms with E-state index in [9.17, 15) is 0 Å². The van der Waals surface area contributed by atoms with Crippen LogP contribution in [-0.4, -0.2) is 19.7 Å². The molecule has 0 spiro atoms. The van der Waals surface area contributed by atoms with Crippen molar-refractivity contribution in [1.29, 1.82) is 0 Å². The fourth-order valence-corrected chi connectivity index (χ4v) is 4.26. The molecule has 1 heterocycles. The summed E-state index contributed by atoms with van der Waals surface area (Å²) >= 11 is 1.82. The van der Waals surface area contributed by atoms with E-state index in [1.54, 1.807) is 14.2 Å². The summed E-state index contributed by atoms with van der Waals surface area (Å²) < 4.78 is 11.1. The summed E-state index contributed by atoms with van der Waals surface area (Å²) in [6.07, 6.45) is 0.987. The van der Waals surface area contributed by atoms with Crippen molar-refractivity contribution in [3.8, 4) is 5.75 Å². The fraction of sp³-hybridized carbons (Fsp3) is 0.333. The third kappa shape index (κ3) is 2.56. The van der Waals surface area contributed by atoms with Crippen molar-refractivity contribution in [1.82, 2.24) is 0 Å². The Balaban J connectivity index is 2.01. The van der Waals surface area contributed by atoms with Crippen molar-refractivity contribution in [3.05, 3.63) is 59.7 Å². The van der Waals surface area contributed by atoms with Gasteiger partial charge in [0.25, 0.3) is 0 Å². The molecule has 0 fully saturated rings. The van der Waals surface area contributed by atoms with Gasteiger partial charge in [-0.3, -0.25) is 0 Å². The maximum atomic E-state index is 5.81. The van der Waals surface area contributed by atoms with Gasteiger partial charge in [0.15, 0.2) is 0 Å². The van der Waals surface area contributed by atoms with Crippen molar-refractivity contribution in [3.63, 3.8) is 0 Å². The number of hydrogen-bond acceptors (Lipinski definition) is 3. The van der Waals surface area contributed by atoms with Crippen LogP contribution in [0.15, 0.2) is 53.4 Å². The molecular weight excluding hydrogens is 280 g/mol. The van der Waals surface area contributed by atoms with E-state index in [2.05, 4.69) is 43.3 Å². The van der Waals surface area contributed by atoms with Crippen LogP contribution in [0.2, 0.25) is 0 Å². The van der Waals surface area contributed by atoms with E-state index in [0.29, 0.717) is 0 Å². The van der Waals surface area contributed by atoms with Crippen LogP contribution in [-0.2, 0) is 16.6 Å². The van der Waals surface area contributed by atoms with E-state index in [-0.39, 0.29) is 10.9 Å². The third-order valence-corrected chi connectivity index (χ3v) is 5.83.